The summed E-state index contributed by atoms with van der Waals surface area (Å²) < 4.78 is 33.6. The van der Waals surface area contributed by atoms with Gasteiger partial charge in [-0.05, 0) is 30.3 Å². The normalized spacial score (nSPS) is 14.7. The summed E-state index contributed by atoms with van der Waals surface area (Å²) in [5.41, 5.74) is 0.0890. The summed E-state index contributed by atoms with van der Waals surface area (Å²) in [6.07, 6.45) is 0.295. The van der Waals surface area contributed by atoms with Gasteiger partial charge in [-0.3, -0.25) is 14.6 Å². The molecule has 32 heavy (non-hydrogen) atoms. The molecule has 0 N–H and O–H groups in total. The number of amides is 1. The summed E-state index contributed by atoms with van der Waals surface area (Å²) in [5.74, 6) is -0.889. The molecule has 0 aliphatic carbocycles. The molecule has 2 aromatic carbocycles. The molecular formula is C22H22ClF2N3O2S2. The van der Waals surface area contributed by atoms with Gasteiger partial charge >= 0.3 is 0 Å². The summed E-state index contributed by atoms with van der Waals surface area (Å²) in [6, 6.07) is 9.52. The van der Waals surface area contributed by atoms with Crippen LogP contribution in [-0.2, 0) is 9.53 Å². The Balaban J connectivity index is 1.48. The van der Waals surface area contributed by atoms with Gasteiger partial charge in [-0.15, -0.1) is 11.8 Å². The number of thiazole rings is 1. The molecule has 1 aliphatic rings. The van der Waals surface area contributed by atoms with Crippen LogP contribution in [0, 0.1) is 11.6 Å². The van der Waals surface area contributed by atoms with Crippen molar-refractivity contribution in [2.75, 3.05) is 50.0 Å². The van der Waals surface area contributed by atoms with E-state index in [4.69, 9.17) is 16.3 Å². The third kappa shape index (κ3) is 5.96. The van der Waals surface area contributed by atoms with Gasteiger partial charge in [0.1, 0.15) is 11.3 Å². The van der Waals surface area contributed by atoms with Crippen molar-refractivity contribution >= 4 is 56.0 Å². The van der Waals surface area contributed by atoms with Crippen molar-refractivity contribution in [2.24, 2.45) is 0 Å². The maximum absolute atomic E-state index is 14.2. The second-order valence-corrected chi connectivity index (χ2v) is 9.90. The SMILES string of the molecule is O=C(CCSc1ccc(Cl)cc1)N(CCN1CCOCC1)c1nc2c(F)cc(F)cc2s1. The Morgan fingerprint density at radius 1 is 1.22 bits per heavy atom. The lowest BCUT2D eigenvalue weighted by molar-refractivity contribution is -0.118. The van der Waals surface area contributed by atoms with Crippen LogP contribution in [-0.4, -0.2) is 60.9 Å². The summed E-state index contributed by atoms with van der Waals surface area (Å²) >= 11 is 8.62. The second-order valence-electron chi connectivity index (χ2n) is 7.28. The lowest BCUT2D eigenvalue weighted by Crippen LogP contribution is -2.43. The van der Waals surface area contributed by atoms with E-state index in [2.05, 4.69) is 9.88 Å². The van der Waals surface area contributed by atoms with Gasteiger partial charge in [0, 0.05) is 54.3 Å². The smallest absolute Gasteiger partial charge is 0.229 e. The standard InChI is InChI=1S/C22H22ClF2N3O2S2/c23-15-1-3-17(4-2-15)31-12-5-20(29)28(7-6-27-8-10-30-11-9-27)22-26-21-18(25)13-16(24)14-19(21)32-22/h1-4,13-14H,5-12H2. The number of nitrogens with zero attached hydrogens (tertiary/aromatic N) is 3. The molecule has 0 radical (unpaired) electrons. The number of hydrogen-bond donors (Lipinski definition) is 0. The summed E-state index contributed by atoms with van der Waals surface area (Å²) in [5, 5.41) is 1.05. The van der Waals surface area contributed by atoms with Gasteiger partial charge in [0.2, 0.25) is 5.91 Å². The quantitative estimate of drug-likeness (QED) is 0.406. The van der Waals surface area contributed by atoms with Crippen LogP contribution in [0.4, 0.5) is 13.9 Å². The van der Waals surface area contributed by atoms with Gasteiger partial charge in [0.15, 0.2) is 10.9 Å². The van der Waals surface area contributed by atoms with Crippen LogP contribution in [0.15, 0.2) is 41.3 Å². The van der Waals surface area contributed by atoms with Crippen LogP contribution in [0.3, 0.4) is 0 Å². The average molecular weight is 498 g/mol. The molecule has 170 valence electrons. The topological polar surface area (TPSA) is 45.7 Å². The maximum Gasteiger partial charge on any atom is 0.229 e. The highest BCUT2D eigenvalue weighted by Crippen LogP contribution is 2.32. The third-order valence-electron chi connectivity index (χ3n) is 5.08. The van der Waals surface area contributed by atoms with Crippen molar-refractivity contribution in [2.45, 2.75) is 11.3 Å². The minimum atomic E-state index is -0.721. The number of hydrogen-bond acceptors (Lipinski definition) is 6. The number of ether oxygens (including phenoxy) is 1. The first-order chi connectivity index (χ1) is 15.5. The molecule has 0 bridgehead atoms. The average Bonchev–Trinajstić information content (AvgIpc) is 3.20. The number of anilines is 1. The third-order valence-corrected chi connectivity index (χ3v) is 7.37. The number of thioether (sulfide) groups is 1. The largest absolute Gasteiger partial charge is 0.379 e. The van der Waals surface area contributed by atoms with E-state index in [0.717, 1.165) is 35.4 Å². The van der Waals surface area contributed by atoms with Gasteiger partial charge in [-0.1, -0.05) is 22.9 Å². The van der Waals surface area contributed by atoms with Crippen LogP contribution < -0.4 is 4.90 Å². The van der Waals surface area contributed by atoms with Crippen LogP contribution in [0.25, 0.3) is 10.2 Å². The second kappa shape index (κ2) is 10.9. The first kappa shape index (κ1) is 23.4. The highest BCUT2D eigenvalue weighted by molar-refractivity contribution is 7.99. The lowest BCUT2D eigenvalue weighted by Gasteiger charge is -2.29. The maximum atomic E-state index is 14.2. The van der Waals surface area contributed by atoms with E-state index in [1.807, 2.05) is 24.3 Å². The molecule has 1 aliphatic heterocycles. The molecule has 0 unspecified atom stereocenters. The van der Waals surface area contributed by atoms with Crippen LogP contribution in [0.5, 0.6) is 0 Å². The fraction of sp³-hybridized carbons (Fsp3) is 0.364. The first-order valence-corrected chi connectivity index (χ1v) is 12.4. The minimum Gasteiger partial charge on any atom is -0.379 e. The molecule has 0 atom stereocenters. The Labute approximate surface area is 198 Å². The van der Waals surface area contributed by atoms with E-state index in [9.17, 15) is 13.6 Å². The first-order valence-electron chi connectivity index (χ1n) is 10.2. The molecule has 0 saturated carbocycles. The Kier molecular flexibility index (Phi) is 7.96. The lowest BCUT2D eigenvalue weighted by atomic mass is 10.3. The zero-order valence-corrected chi connectivity index (χ0v) is 19.6. The number of halogens is 3. The molecule has 1 fully saturated rings. The summed E-state index contributed by atoms with van der Waals surface area (Å²) in [4.78, 5) is 22.3. The Hall–Kier alpha value is -1.78. The van der Waals surface area contributed by atoms with Crippen molar-refractivity contribution in [1.29, 1.82) is 0 Å². The van der Waals surface area contributed by atoms with E-state index < -0.39 is 11.6 Å². The summed E-state index contributed by atoms with van der Waals surface area (Å²) in [7, 11) is 0. The minimum absolute atomic E-state index is 0.0890. The van der Waals surface area contributed by atoms with Gasteiger partial charge in [-0.2, -0.15) is 0 Å². The fourth-order valence-electron chi connectivity index (χ4n) is 3.38. The van der Waals surface area contributed by atoms with E-state index in [1.165, 1.54) is 6.07 Å². The van der Waals surface area contributed by atoms with Crippen LogP contribution in [0.1, 0.15) is 6.42 Å². The number of benzene rings is 2. The highest BCUT2D eigenvalue weighted by atomic mass is 35.5. The Bertz CT molecular complexity index is 1070. The molecule has 0 spiro atoms. The number of aromatic nitrogens is 1. The molecule has 1 aromatic heterocycles. The van der Waals surface area contributed by atoms with Crippen molar-refractivity contribution in [3.05, 3.63) is 53.1 Å². The molecule has 3 aromatic rings. The molecular weight excluding hydrogens is 476 g/mol. The van der Waals surface area contributed by atoms with Gasteiger partial charge < -0.3 is 4.74 Å². The molecule has 10 heteroatoms. The zero-order valence-electron chi connectivity index (χ0n) is 17.2. The van der Waals surface area contributed by atoms with Gasteiger partial charge in [0.05, 0.1) is 17.9 Å². The Morgan fingerprint density at radius 2 is 1.97 bits per heavy atom. The number of rotatable bonds is 8. The molecule has 1 amide bonds. The van der Waals surface area contributed by atoms with Crippen molar-refractivity contribution < 1.29 is 18.3 Å². The number of carbonyl (C=O) groups excluding carboxylic acids is 1. The van der Waals surface area contributed by atoms with Crippen molar-refractivity contribution in [3.63, 3.8) is 0 Å². The van der Waals surface area contributed by atoms with E-state index >= 15 is 0 Å². The van der Waals surface area contributed by atoms with Crippen LogP contribution >= 0.6 is 34.7 Å². The molecule has 1 saturated heterocycles. The molecule has 5 nitrogen and oxygen atoms in total. The van der Waals surface area contributed by atoms with Gasteiger partial charge in [0.25, 0.3) is 0 Å². The predicted molar refractivity (Wildman–Crippen MR) is 126 cm³/mol. The molecule has 2 heterocycles. The van der Waals surface area contributed by atoms with Gasteiger partial charge in [-0.25, -0.2) is 13.8 Å². The monoisotopic (exact) mass is 497 g/mol. The van der Waals surface area contributed by atoms with Crippen molar-refractivity contribution in [1.82, 2.24) is 9.88 Å². The van der Waals surface area contributed by atoms with Crippen LogP contribution in [0.2, 0.25) is 5.02 Å². The van der Waals surface area contributed by atoms with Crippen molar-refractivity contribution in [3.8, 4) is 0 Å². The zero-order chi connectivity index (χ0) is 22.5. The number of fused-ring (bicyclic) bond motifs is 1. The molecule has 4 rings (SSSR count). The fourth-order valence-corrected chi connectivity index (χ4v) is 5.39. The highest BCUT2D eigenvalue weighted by Gasteiger charge is 2.22. The van der Waals surface area contributed by atoms with E-state index in [1.54, 1.807) is 16.7 Å². The predicted octanol–water partition coefficient (Wildman–Crippen LogP) is 5.08. The number of morpholine rings is 1. The van der Waals surface area contributed by atoms with E-state index in [0.29, 0.717) is 53.3 Å². The Morgan fingerprint density at radius 3 is 2.72 bits per heavy atom. The number of carbonyl (C=O) groups is 1. The van der Waals surface area contributed by atoms with E-state index in [-0.39, 0.29) is 11.4 Å². The summed E-state index contributed by atoms with van der Waals surface area (Å²) in [6.45, 7) is 4.01.